The monoisotopic (exact) mass is 196 g/mol. The molecule has 1 saturated heterocycles. The molecule has 0 aliphatic carbocycles. The summed E-state index contributed by atoms with van der Waals surface area (Å²) in [6.07, 6.45) is 0.683. The average Bonchev–Trinajstić information content (AvgIpc) is 2.71. The largest absolute Gasteiger partial charge is 0.380 e. The quantitative estimate of drug-likeness (QED) is 0.627. The van der Waals surface area contributed by atoms with Gasteiger partial charge in [0.15, 0.2) is 5.82 Å². The number of hydrogen-bond donors (Lipinski definition) is 3. The van der Waals surface area contributed by atoms with Crippen LogP contribution in [0.2, 0.25) is 0 Å². The minimum absolute atomic E-state index is 0.314. The van der Waals surface area contributed by atoms with Crippen LogP contribution in [0.15, 0.2) is 0 Å². The maximum atomic E-state index is 10.2. The van der Waals surface area contributed by atoms with E-state index in [9.17, 15) is 5.11 Å². The lowest BCUT2D eigenvalue weighted by atomic mass is 10.0. The second-order valence-electron chi connectivity index (χ2n) is 4.16. The van der Waals surface area contributed by atoms with E-state index in [0.29, 0.717) is 24.7 Å². The molecule has 0 bridgehead atoms. The van der Waals surface area contributed by atoms with Gasteiger partial charge in [0.05, 0.1) is 0 Å². The Balaban J connectivity index is 2.23. The van der Waals surface area contributed by atoms with E-state index in [1.165, 1.54) is 0 Å². The second-order valence-corrected chi connectivity index (χ2v) is 4.16. The van der Waals surface area contributed by atoms with Crippen LogP contribution in [0.25, 0.3) is 0 Å². The van der Waals surface area contributed by atoms with Crippen LogP contribution in [0.1, 0.15) is 37.8 Å². The highest BCUT2D eigenvalue weighted by atomic mass is 16.3. The molecule has 0 amide bonds. The van der Waals surface area contributed by atoms with Gasteiger partial charge in [0.1, 0.15) is 11.4 Å². The van der Waals surface area contributed by atoms with Gasteiger partial charge in [0.25, 0.3) is 0 Å². The number of aromatic amines is 1. The van der Waals surface area contributed by atoms with Crippen LogP contribution < -0.4 is 5.32 Å². The molecule has 78 valence electrons. The highest BCUT2D eigenvalue weighted by Gasteiger charge is 2.37. The Kier molecular flexibility index (Phi) is 2.28. The first-order valence-electron chi connectivity index (χ1n) is 4.98. The molecule has 1 aromatic rings. The summed E-state index contributed by atoms with van der Waals surface area (Å²) in [5.41, 5.74) is -0.871. The van der Waals surface area contributed by atoms with Crippen molar-refractivity contribution >= 4 is 0 Å². The number of aromatic nitrogens is 3. The molecular weight excluding hydrogens is 180 g/mol. The Hall–Kier alpha value is -0.940. The molecule has 5 heteroatoms. The molecule has 1 aliphatic rings. The van der Waals surface area contributed by atoms with E-state index in [-0.39, 0.29) is 0 Å². The normalized spacial score (nSPS) is 27.4. The molecule has 0 spiro atoms. The van der Waals surface area contributed by atoms with Crippen molar-refractivity contribution < 1.29 is 5.11 Å². The van der Waals surface area contributed by atoms with Crippen molar-refractivity contribution in [3.8, 4) is 0 Å². The predicted molar refractivity (Wildman–Crippen MR) is 51.9 cm³/mol. The number of nitrogens with zero attached hydrogens (tertiary/aromatic N) is 2. The van der Waals surface area contributed by atoms with Gasteiger partial charge in [-0.3, -0.25) is 5.10 Å². The molecule has 1 aliphatic heterocycles. The van der Waals surface area contributed by atoms with Crippen LogP contribution in [0, 0.1) is 0 Å². The summed E-state index contributed by atoms with van der Waals surface area (Å²) in [5.74, 6) is 1.67. The molecule has 2 heterocycles. The van der Waals surface area contributed by atoms with Crippen molar-refractivity contribution in [1.82, 2.24) is 20.5 Å². The molecule has 5 nitrogen and oxygen atoms in total. The fourth-order valence-corrected chi connectivity index (χ4v) is 1.61. The highest BCUT2D eigenvalue weighted by Crippen LogP contribution is 2.25. The number of hydrogen-bond acceptors (Lipinski definition) is 4. The zero-order valence-electron chi connectivity index (χ0n) is 8.54. The van der Waals surface area contributed by atoms with Crippen LogP contribution in [0.3, 0.4) is 0 Å². The molecule has 0 aromatic carbocycles. The van der Waals surface area contributed by atoms with Gasteiger partial charge in [-0.15, -0.1) is 0 Å². The van der Waals surface area contributed by atoms with Crippen molar-refractivity contribution in [3.63, 3.8) is 0 Å². The Labute approximate surface area is 82.9 Å². The third kappa shape index (κ3) is 1.53. The van der Waals surface area contributed by atoms with Crippen LogP contribution in [-0.2, 0) is 5.60 Å². The third-order valence-corrected chi connectivity index (χ3v) is 2.60. The van der Waals surface area contributed by atoms with Gasteiger partial charge in [0.2, 0.25) is 0 Å². The summed E-state index contributed by atoms with van der Waals surface area (Å²) < 4.78 is 0. The van der Waals surface area contributed by atoms with E-state index in [1.807, 2.05) is 13.8 Å². The van der Waals surface area contributed by atoms with Crippen molar-refractivity contribution in [1.29, 1.82) is 0 Å². The summed E-state index contributed by atoms with van der Waals surface area (Å²) in [5, 5.41) is 20.2. The molecule has 0 saturated carbocycles. The first kappa shape index (κ1) is 9.61. The first-order chi connectivity index (χ1) is 6.62. The van der Waals surface area contributed by atoms with Gasteiger partial charge in [-0.2, -0.15) is 5.10 Å². The van der Waals surface area contributed by atoms with Crippen molar-refractivity contribution in [2.75, 3.05) is 13.1 Å². The first-order valence-corrected chi connectivity index (χ1v) is 4.98. The van der Waals surface area contributed by atoms with Gasteiger partial charge in [-0.25, -0.2) is 4.98 Å². The number of nitrogens with one attached hydrogen (secondary N) is 2. The van der Waals surface area contributed by atoms with Crippen LogP contribution in [0.4, 0.5) is 0 Å². The van der Waals surface area contributed by atoms with E-state index in [0.717, 1.165) is 12.4 Å². The topological polar surface area (TPSA) is 73.8 Å². The Morgan fingerprint density at radius 2 is 2.29 bits per heavy atom. The molecule has 1 fully saturated rings. The van der Waals surface area contributed by atoms with Crippen molar-refractivity contribution in [3.05, 3.63) is 11.6 Å². The number of aliphatic hydroxyl groups is 1. The van der Waals surface area contributed by atoms with E-state index < -0.39 is 5.60 Å². The smallest absolute Gasteiger partial charge is 0.183 e. The molecule has 3 N–H and O–H groups in total. The minimum Gasteiger partial charge on any atom is -0.380 e. The number of rotatable bonds is 2. The molecular formula is C9H16N4O. The van der Waals surface area contributed by atoms with Crippen LogP contribution in [0.5, 0.6) is 0 Å². The second kappa shape index (κ2) is 3.33. The lowest BCUT2D eigenvalue weighted by molar-refractivity contribution is 0.0495. The highest BCUT2D eigenvalue weighted by molar-refractivity contribution is 5.07. The van der Waals surface area contributed by atoms with Gasteiger partial charge < -0.3 is 10.4 Å². The zero-order chi connectivity index (χ0) is 10.2. The van der Waals surface area contributed by atoms with Crippen LogP contribution in [-0.4, -0.2) is 33.4 Å². The molecule has 1 unspecified atom stereocenters. The molecule has 0 radical (unpaired) electrons. The standard InChI is InChI=1S/C9H16N4O/c1-6(2)7-11-8(13-12-7)9(14)3-4-10-5-9/h6,10,14H,3-5H2,1-2H3,(H,11,12,13). The maximum Gasteiger partial charge on any atom is 0.183 e. The fourth-order valence-electron chi connectivity index (χ4n) is 1.61. The molecule has 1 aromatic heterocycles. The summed E-state index contributed by atoms with van der Waals surface area (Å²) in [6, 6.07) is 0. The Morgan fingerprint density at radius 3 is 2.79 bits per heavy atom. The maximum absolute atomic E-state index is 10.2. The lowest BCUT2D eigenvalue weighted by Gasteiger charge is -2.16. The SMILES string of the molecule is CC(C)c1nc(C2(O)CCNC2)n[nH]1. The number of H-pyrrole nitrogens is 1. The van der Waals surface area contributed by atoms with Gasteiger partial charge >= 0.3 is 0 Å². The third-order valence-electron chi connectivity index (χ3n) is 2.60. The Morgan fingerprint density at radius 1 is 1.50 bits per heavy atom. The summed E-state index contributed by atoms with van der Waals surface area (Å²) in [7, 11) is 0. The molecule has 14 heavy (non-hydrogen) atoms. The van der Waals surface area contributed by atoms with E-state index in [1.54, 1.807) is 0 Å². The van der Waals surface area contributed by atoms with E-state index >= 15 is 0 Å². The summed E-state index contributed by atoms with van der Waals surface area (Å²) in [6.45, 7) is 5.45. The average molecular weight is 196 g/mol. The minimum atomic E-state index is -0.871. The van der Waals surface area contributed by atoms with Crippen LogP contribution >= 0.6 is 0 Å². The lowest BCUT2D eigenvalue weighted by Crippen LogP contribution is -2.29. The Bertz CT molecular complexity index is 314. The van der Waals surface area contributed by atoms with Gasteiger partial charge in [-0.1, -0.05) is 13.8 Å². The van der Waals surface area contributed by atoms with E-state index in [4.69, 9.17) is 0 Å². The predicted octanol–water partition coefficient (Wildman–Crippen LogP) is 0.109. The summed E-state index contributed by atoms with van der Waals surface area (Å²) in [4.78, 5) is 4.31. The fraction of sp³-hybridized carbons (Fsp3) is 0.778. The van der Waals surface area contributed by atoms with Crippen molar-refractivity contribution in [2.45, 2.75) is 31.8 Å². The molecule has 1 atom stereocenters. The molecule has 2 rings (SSSR count). The van der Waals surface area contributed by atoms with Crippen molar-refractivity contribution in [2.24, 2.45) is 0 Å². The van der Waals surface area contributed by atoms with Gasteiger partial charge in [0, 0.05) is 12.5 Å². The summed E-state index contributed by atoms with van der Waals surface area (Å²) >= 11 is 0. The zero-order valence-corrected chi connectivity index (χ0v) is 8.54. The van der Waals surface area contributed by atoms with Gasteiger partial charge in [-0.05, 0) is 13.0 Å². The number of β-amino-alcohol motifs (C(OH)–C–C–N with tert-alkyl or cyclic N) is 1. The van der Waals surface area contributed by atoms with E-state index in [2.05, 4.69) is 20.5 Å².